The van der Waals surface area contributed by atoms with Crippen molar-refractivity contribution in [3.8, 4) is 0 Å². The molecule has 0 aliphatic carbocycles. The minimum absolute atomic E-state index is 0.0483. The molecule has 2 fully saturated rings. The van der Waals surface area contributed by atoms with Gasteiger partial charge < -0.3 is 30.7 Å². The van der Waals surface area contributed by atoms with E-state index in [0.717, 1.165) is 40.7 Å². The number of amides is 2. The molecule has 2 saturated heterocycles. The molecular formula is C34H39N7O4. The summed E-state index contributed by atoms with van der Waals surface area (Å²) >= 11 is 0. The number of fused-ring (bicyclic) bond motifs is 1. The summed E-state index contributed by atoms with van der Waals surface area (Å²) in [6.45, 7) is 3.77. The molecule has 6 rings (SSSR count). The lowest BCUT2D eigenvalue weighted by atomic mass is 9.92. The third kappa shape index (κ3) is 6.33. The number of para-hydroxylation sites is 2. The molecule has 4 aromatic rings. The van der Waals surface area contributed by atoms with Crippen molar-refractivity contribution in [2.24, 2.45) is 0 Å². The van der Waals surface area contributed by atoms with Crippen molar-refractivity contribution in [2.75, 3.05) is 31.9 Å². The Morgan fingerprint density at radius 2 is 1.76 bits per heavy atom. The number of nitrogen functional groups attached to an aromatic ring is 1. The van der Waals surface area contributed by atoms with Crippen LogP contribution in [0.1, 0.15) is 60.0 Å². The Morgan fingerprint density at radius 1 is 1.04 bits per heavy atom. The van der Waals surface area contributed by atoms with E-state index in [2.05, 4.69) is 9.97 Å². The van der Waals surface area contributed by atoms with E-state index in [-0.39, 0.29) is 30.0 Å². The molecule has 0 bridgehead atoms. The number of carbonyl (C=O) groups is 2. The number of aryl methyl sites for hydroxylation is 1. The average Bonchev–Trinajstić information content (AvgIpc) is 3.41. The van der Waals surface area contributed by atoms with Gasteiger partial charge in [0, 0.05) is 73.9 Å². The van der Waals surface area contributed by atoms with E-state index < -0.39 is 12.2 Å². The number of carbonyl (C=O) groups excluding carboxylic acids is 2. The highest BCUT2D eigenvalue weighted by molar-refractivity contribution is 5.87. The molecule has 2 aliphatic rings. The number of H-pyrrole nitrogens is 1. The Balaban J connectivity index is 1.16. The van der Waals surface area contributed by atoms with Gasteiger partial charge >= 0.3 is 11.8 Å². The van der Waals surface area contributed by atoms with Crippen molar-refractivity contribution in [3.05, 3.63) is 93.7 Å². The van der Waals surface area contributed by atoms with E-state index in [1.54, 1.807) is 26.6 Å². The van der Waals surface area contributed by atoms with Crippen molar-refractivity contribution in [2.45, 2.75) is 57.1 Å². The number of anilines is 1. The van der Waals surface area contributed by atoms with Crippen molar-refractivity contribution in [3.63, 3.8) is 0 Å². The van der Waals surface area contributed by atoms with Gasteiger partial charge in [0.2, 0.25) is 0 Å². The number of rotatable bonds is 7. The first-order valence-electron chi connectivity index (χ1n) is 15.6. The molecular weight excluding hydrogens is 570 g/mol. The maximum Gasteiger partial charge on any atom is 0.410 e. The number of nitrogens with two attached hydrogens (primary N) is 1. The van der Waals surface area contributed by atoms with E-state index in [0.29, 0.717) is 50.3 Å². The summed E-state index contributed by atoms with van der Waals surface area (Å²) in [5, 5.41) is 7.77. The number of ether oxygens (including phenoxy) is 1. The normalized spacial score (nSPS) is 16.9. The van der Waals surface area contributed by atoms with Crippen molar-refractivity contribution in [1.82, 2.24) is 24.3 Å². The van der Waals surface area contributed by atoms with E-state index in [1.165, 1.54) is 6.21 Å². The summed E-state index contributed by atoms with van der Waals surface area (Å²) in [4.78, 5) is 51.0. The number of nitrogens with one attached hydrogen (secondary N) is 2. The minimum atomic E-state index is -1.03. The van der Waals surface area contributed by atoms with Crippen molar-refractivity contribution >= 4 is 34.9 Å². The van der Waals surface area contributed by atoms with Crippen molar-refractivity contribution in [1.29, 1.82) is 5.41 Å². The van der Waals surface area contributed by atoms with Crippen LogP contribution in [0.15, 0.2) is 65.6 Å². The summed E-state index contributed by atoms with van der Waals surface area (Å²) in [5.74, 6) is 0.0473. The number of pyridine rings is 1. The molecule has 11 nitrogen and oxygen atoms in total. The van der Waals surface area contributed by atoms with Crippen LogP contribution in [0.25, 0.3) is 11.0 Å². The van der Waals surface area contributed by atoms with E-state index in [1.807, 2.05) is 55.5 Å². The monoisotopic (exact) mass is 609 g/mol. The first-order valence-corrected chi connectivity index (χ1v) is 15.6. The zero-order chi connectivity index (χ0) is 31.5. The van der Waals surface area contributed by atoms with Crippen LogP contribution in [-0.4, -0.2) is 74.8 Å². The van der Waals surface area contributed by atoms with Crippen LogP contribution in [0.2, 0.25) is 0 Å². The average molecular weight is 610 g/mol. The van der Waals surface area contributed by atoms with Gasteiger partial charge in [-0.25, -0.2) is 9.59 Å². The smallest absolute Gasteiger partial charge is 0.410 e. The quantitative estimate of drug-likeness (QED) is 0.209. The number of hydrogen-bond donors (Lipinski definition) is 3. The standard InChI is InChI=1S/C34H39N7O4/c1-22-18-23(19-25(21-35)31(22)36)20-30(32(42)39-14-9-24(10-15-39)27-6-4-5-13-37-27)45-34(44)40-16-11-26(12-17-40)41-29-8-3-2-7-28(29)38-33(41)43/h2-8,13,18-19,21,24,26,30,35H,9-12,14-17,20,36H2,1H3,(H,38,43). The van der Waals surface area contributed by atoms with Gasteiger partial charge in [-0.1, -0.05) is 24.3 Å². The predicted molar refractivity (Wildman–Crippen MR) is 173 cm³/mol. The predicted octanol–water partition coefficient (Wildman–Crippen LogP) is 4.40. The molecule has 4 N–H and O–H groups in total. The second-order valence-electron chi connectivity index (χ2n) is 12.0. The van der Waals surface area contributed by atoms with Crippen LogP contribution < -0.4 is 11.4 Å². The number of hydrogen-bond acceptors (Lipinski definition) is 7. The first-order chi connectivity index (χ1) is 21.8. The third-order valence-corrected chi connectivity index (χ3v) is 9.20. The molecule has 2 aliphatic heterocycles. The molecule has 0 spiro atoms. The van der Waals surface area contributed by atoms with Crippen LogP contribution in [0, 0.1) is 12.3 Å². The lowest BCUT2D eigenvalue weighted by Crippen LogP contribution is -2.48. The lowest BCUT2D eigenvalue weighted by Gasteiger charge is -2.35. The van der Waals surface area contributed by atoms with Crippen LogP contribution in [0.4, 0.5) is 10.5 Å². The van der Waals surface area contributed by atoms with Crippen molar-refractivity contribution < 1.29 is 14.3 Å². The molecule has 4 heterocycles. The molecule has 1 unspecified atom stereocenters. The summed E-state index contributed by atoms with van der Waals surface area (Å²) < 4.78 is 7.79. The lowest BCUT2D eigenvalue weighted by molar-refractivity contribution is -0.142. The largest absolute Gasteiger partial charge is 0.436 e. The zero-order valence-electron chi connectivity index (χ0n) is 25.4. The molecule has 45 heavy (non-hydrogen) atoms. The van der Waals surface area contributed by atoms with Gasteiger partial charge in [0.1, 0.15) is 0 Å². The number of aromatic nitrogens is 3. The highest BCUT2D eigenvalue weighted by atomic mass is 16.6. The molecule has 2 amide bonds. The van der Waals surface area contributed by atoms with Gasteiger partial charge in [-0.15, -0.1) is 0 Å². The van der Waals surface area contributed by atoms with E-state index >= 15 is 0 Å². The fourth-order valence-electron chi connectivity index (χ4n) is 6.69. The Bertz CT molecular complexity index is 1750. The van der Waals surface area contributed by atoms with Gasteiger partial charge in [0.15, 0.2) is 6.10 Å². The summed E-state index contributed by atoms with van der Waals surface area (Å²) in [6, 6.07) is 17.1. The van der Waals surface area contributed by atoms with Crippen LogP contribution >= 0.6 is 0 Å². The summed E-state index contributed by atoms with van der Waals surface area (Å²) in [6.07, 6.45) is 4.34. The Labute approximate surface area is 261 Å². The molecule has 2 aromatic carbocycles. The van der Waals surface area contributed by atoms with E-state index in [4.69, 9.17) is 15.9 Å². The molecule has 0 saturated carbocycles. The maximum atomic E-state index is 13.9. The van der Waals surface area contributed by atoms with Gasteiger partial charge in [0.05, 0.1) is 11.0 Å². The fraction of sp³-hybridized carbons (Fsp3) is 0.382. The van der Waals surface area contributed by atoms with Crippen LogP contribution in [-0.2, 0) is 16.0 Å². The summed E-state index contributed by atoms with van der Waals surface area (Å²) in [5.41, 5.74) is 11.3. The molecule has 0 radical (unpaired) electrons. The number of nitrogens with zero attached hydrogens (tertiary/aromatic N) is 4. The SMILES string of the molecule is Cc1cc(CC(OC(=O)N2CCC(n3c(=O)[nH]c4ccccc43)CC2)C(=O)N2CCC(c3ccccn3)CC2)cc(C=N)c1N. The Kier molecular flexibility index (Phi) is 8.68. The second kappa shape index (κ2) is 13.0. The van der Waals surface area contributed by atoms with E-state index in [9.17, 15) is 14.4 Å². The molecule has 234 valence electrons. The molecule has 1 atom stereocenters. The number of imidazole rings is 1. The second-order valence-corrected chi connectivity index (χ2v) is 12.0. The number of aromatic amines is 1. The molecule has 2 aromatic heterocycles. The fourth-order valence-corrected chi connectivity index (χ4v) is 6.69. The van der Waals surface area contributed by atoms with Gasteiger partial charge in [0.25, 0.3) is 5.91 Å². The topological polar surface area (TPSA) is 150 Å². The highest BCUT2D eigenvalue weighted by Crippen LogP contribution is 2.29. The van der Waals surface area contributed by atoms with Gasteiger partial charge in [-0.05, 0) is 74.1 Å². The zero-order valence-corrected chi connectivity index (χ0v) is 25.4. The van der Waals surface area contributed by atoms with Crippen LogP contribution in [0.3, 0.4) is 0 Å². The van der Waals surface area contributed by atoms with Gasteiger partial charge in [-0.2, -0.15) is 0 Å². The molecule has 11 heteroatoms. The maximum absolute atomic E-state index is 13.9. The highest BCUT2D eigenvalue weighted by Gasteiger charge is 2.34. The number of likely N-dealkylation sites (tertiary alicyclic amines) is 2. The van der Waals surface area contributed by atoms with Crippen LogP contribution in [0.5, 0.6) is 0 Å². The number of benzene rings is 2. The Morgan fingerprint density at radius 3 is 2.47 bits per heavy atom. The minimum Gasteiger partial charge on any atom is -0.436 e. The van der Waals surface area contributed by atoms with Gasteiger partial charge in [-0.3, -0.25) is 14.3 Å². The Hall–Kier alpha value is -4.93. The third-order valence-electron chi connectivity index (χ3n) is 9.20. The summed E-state index contributed by atoms with van der Waals surface area (Å²) in [7, 11) is 0. The first kappa shape index (κ1) is 30.1. The number of piperidine rings is 2.